The summed E-state index contributed by atoms with van der Waals surface area (Å²) in [7, 11) is -16.4. The van der Waals surface area contributed by atoms with Crippen LogP contribution in [0.4, 0.5) is 27.5 Å². The van der Waals surface area contributed by atoms with E-state index in [1.165, 1.54) is 122 Å². The number of carbonyl (C=O) groups excluding carboxylic acids is 4. The number of phenolic OH excluding ortho intramolecular Hbond substituents is 1. The Morgan fingerprint density at radius 2 is 1.05 bits per heavy atom. The number of hydrogen-bond donors (Lipinski definition) is 5. The third kappa shape index (κ3) is 18.9. The molecular weight excluding hydrogens is 1690 g/mol. The summed E-state index contributed by atoms with van der Waals surface area (Å²) in [5.41, 5.74) is 1.70. The number of sulfonamides is 5. The Morgan fingerprint density at radius 1 is 0.565 bits per heavy atom. The molecule has 0 spiro atoms. The van der Waals surface area contributed by atoms with E-state index in [4.69, 9.17) is 61.9 Å². The van der Waals surface area contributed by atoms with Gasteiger partial charge in [0.1, 0.15) is 35.2 Å². The molecule has 6 aliphatic rings. The van der Waals surface area contributed by atoms with Crippen LogP contribution in [0.15, 0.2) is 171 Å². The van der Waals surface area contributed by atoms with Crippen molar-refractivity contribution in [3.05, 3.63) is 171 Å². The number of ether oxygens (including phenoxy) is 12. The van der Waals surface area contributed by atoms with E-state index >= 15 is 0 Å². The zero-order valence-electron chi connectivity index (χ0n) is 60.5. The highest BCUT2D eigenvalue weighted by Crippen LogP contribution is 2.53. The Morgan fingerprint density at radius 3 is 1.55 bits per heavy atom. The van der Waals surface area contributed by atoms with Crippen molar-refractivity contribution >= 4 is 160 Å². The van der Waals surface area contributed by atoms with Gasteiger partial charge in [0, 0.05) is 54.6 Å². The van der Waals surface area contributed by atoms with Crippen molar-refractivity contribution < 1.29 is 128 Å². The molecule has 0 bridgehead atoms. The van der Waals surface area contributed by atoms with E-state index in [0.717, 1.165) is 69.2 Å². The zero-order chi connectivity index (χ0) is 82.0. The Balaban J connectivity index is 0.000000144. The second-order valence-electron chi connectivity index (χ2n) is 24.1. The molecule has 3 amide bonds. The number of thiophene rings is 4. The van der Waals surface area contributed by atoms with Gasteiger partial charge in [-0.05, 0) is 120 Å². The summed E-state index contributed by atoms with van der Waals surface area (Å²) >= 11 is 3.87. The fourth-order valence-electron chi connectivity index (χ4n) is 11.2. The van der Waals surface area contributed by atoms with Gasteiger partial charge in [-0.1, -0.05) is 54.6 Å². The first-order valence-corrected chi connectivity index (χ1v) is 44.7. The molecule has 0 unspecified atom stereocenters. The normalized spacial score (nSPS) is 14.5. The predicted molar refractivity (Wildman–Crippen MR) is 421 cm³/mol. The summed E-state index contributed by atoms with van der Waals surface area (Å²) in [6.45, 7) is 1.09. The van der Waals surface area contributed by atoms with Gasteiger partial charge in [0.25, 0.3) is 50.1 Å². The largest absolute Gasteiger partial charge is 0.504 e. The molecule has 1 saturated heterocycles. The standard InChI is InChI=1S/C21H19N3O9S4.C19H17NO6S.C17H17NO7S2.C15H15NO6S2/c1-22-11-15(25)23(21(22)27)7-6-13-10-14(19-20(18(13)26)33-12-32-19)24(36(28,29)16-4-2-8-34-16)37(30,31)17-5-3-9-35-17;21-18(26-14-7-8-14)9-6-13-10-16(19-17(11-13)24-12-25-19)20-27(22,23)15-4-2-1-3-5-15;1-3-23-14(19)7-6-11-12(18-27(20,21)15-5-4-8-26-15)9-13-17(16(11)22-2)25-10-24-13;1-20-14-10(4-2-6-17)11(8-12-15(14)22-9-21-12)16-24(18,19)13-5-3-7-23-13/h2-5,8-10,26H,6-7,11-12H2,1H3;1-6,9-11,14,20H,7-8,12H2;4-9,18H,3,10H2,1-2H3;2-5,7-8,16-17H,6,9H2,1H3/b;9-6+;7-6+;4-2+. The molecule has 2 fully saturated rings. The van der Waals surface area contributed by atoms with E-state index < -0.39 is 85.4 Å². The van der Waals surface area contributed by atoms with Crippen LogP contribution in [0.3, 0.4) is 0 Å². The number of esters is 2. The summed E-state index contributed by atoms with van der Waals surface area (Å²) in [4.78, 5) is 50.2. The summed E-state index contributed by atoms with van der Waals surface area (Å²) < 4.78 is 202. The number of aliphatic hydroxyl groups excluding tert-OH is 1. The molecule has 1 saturated carbocycles. The molecule has 9 aromatic rings. The number of methoxy groups -OCH3 is 2. The number of phenols is 1. The quantitative estimate of drug-likeness (QED) is 0.0181. The maximum atomic E-state index is 13.7. The molecule has 0 atom stereocenters. The smallest absolute Gasteiger partial charge is 0.331 e. The number of amides is 3. The molecule has 9 heterocycles. The third-order valence-corrected chi connectivity index (χ3v) is 30.3. The average Bonchev–Trinajstić information content (AvgIpc) is 1.72. The van der Waals surface area contributed by atoms with Gasteiger partial charge in [-0.2, -0.15) is 20.5 Å². The van der Waals surface area contributed by atoms with Crippen molar-refractivity contribution in [1.29, 1.82) is 0 Å². The zero-order valence-corrected chi connectivity index (χ0v) is 67.9. The molecule has 115 heavy (non-hydrogen) atoms. The molecule has 1 aliphatic carbocycles. The van der Waals surface area contributed by atoms with Crippen LogP contribution in [-0.2, 0) is 80.4 Å². The van der Waals surface area contributed by atoms with Crippen molar-refractivity contribution in [3.8, 4) is 63.2 Å². The van der Waals surface area contributed by atoms with E-state index in [9.17, 15) is 66.4 Å². The maximum absolute atomic E-state index is 13.7. The minimum atomic E-state index is -4.67. The van der Waals surface area contributed by atoms with Crippen LogP contribution >= 0.6 is 45.3 Å². The maximum Gasteiger partial charge on any atom is 0.331 e. The lowest BCUT2D eigenvalue weighted by Crippen LogP contribution is -2.36. The summed E-state index contributed by atoms with van der Waals surface area (Å²) in [5, 5.41) is 26.2. The average molecular weight is 1750 g/mol. The lowest BCUT2D eigenvalue weighted by atomic mass is 10.1. The van der Waals surface area contributed by atoms with Crippen molar-refractivity contribution in [2.75, 3.05) is 92.6 Å². The highest BCUT2D eigenvalue weighted by Gasteiger charge is 2.44. The van der Waals surface area contributed by atoms with E-state index in [2.05, 4.69) is 14.2 Å². The number of aromatic hydroxyl groups is 1. The lowest BCUT2D eigenvalue weighted by molar-refractivity contribution is -0.139. The van der Waals surface area contributed by atoms with Gasteiger partial charge in [0.15, 0.2) is 46.0 Å². The number of nitrogens with zero attached hydrogens (tertiary/aromatic N) is 3. The Bertz CT molecular complexity index is 5740. The molecule has 5 N–H and O–H groups in total. The van der Waals surface area contributed by atoms with E-state index in [1.807, 2.05) is 0 Å². The predicted octanol–water partition coefficient (Wildman–Crippen LogP) is 10.4. The van der Waals surface area contributed by atoms with E-state index in [0.29, 0.717) is 56.9 Å². The van der Waals surface area contributed by atoms with Crippen molar-refractivity contribution in [2.45, 2.75) is 54.0 Å². The number of nitrogens with one attached hydrogen (secondary N) is 3. The molecular formula is C72H68N6O28S9. The Labute approximate surface area is 674 Å². The van der Waals surface area contributed by atoms with Gasteiger partial charge < -0.3 is 72.0 Å². The van der Waals surface area contributed by atoms with Crippen LogP contribution in [0.1, 0.15) is 42.0 Å². The SMILES string of the molecule is CCOC(=O)/C=C/c1c(NS(=O)(=O)c2cccs2)cc2c(c1OC)OCO2.CN1CC(=O)N(CCc2cc(N(S(=O)(=O)c3cccs3)S(=O)(=O)c3cccs3)c3c(c2O)OCO3)C1=O.COc1c(/C=C/CO)c(NS(=O)(=O)c2cccs2)cc2c1OCO2.O=C(/C=C/c1cc(NS(=O)(=O)c2ccccc2)c2c(c1)OCO2)OC1CC1. The lowest BCUT2D eigenvalue weighted by Gasteiger charge is -2.25. The molecule has 5 aliphatic heterocycles. The second kappa shape index (κ2) is 35.6. The molecule has 4 aromatic heterocycles. The van der Waals surface area contributed by atoms with Crippen molar-refractivity contribution in [2.24, 2.45) is 0 Å². The summed E-state index contributed by atoms with van der Waals surface area (Å²) in [6, 6.07) is 26.7. The monoisotopic (exact) mass is 1750 g/mol. The van der Waals surface area contributed by atoms with Gasteiger partial charge >= 0.3 is 18.0 Å². The first kappa shape index (κ1) is 83.1. The van der Waals surface area contributed by atoms with E-state index in [1.54, 1.807) is 72.3 Å². The number of anilines is 4. The van der Waals surface area contributed by atoms with Gasteiger partial charge in [0.05, 0.1) is 49.4 Å². The van der Waals surface area contributed by atoms with Crippen LogP contribution in [-0.4, -0.2) is 167 Å². The number of carbonyl (C=O) groups is 4. The fourth-order valence-corrected chi connectivity index (χ4v) is 22.4. The number of benzene rings is 5. The third-order valence-electron chi connectivity index (χ3n) is 16.5. The first-order valence-electron chi connectivity index (χ1n) is 33.8. The molecule has 608 valence electrons. The van der Waals surface area contributed by atoms with Crippen LogP contribution < -0.4 is 65.2 Å². The summed E-state index contributed by atoms with van der Waals surface area (Å²) in [6.07, 6.45) is 10.2. The first-order chi connectivity index (χ1) is 55.1. The Hall–Kier alpha value is -11.3. The van der Waals surface area contributed by atoms with Crippen LogP contribution in [0.2, 0.25) is 0 Å². The topological polar surface area (TPSA) is 436 Å². The van der Waals surface area contributed by atoms with Crippen LogP contribution in [0.25, 0.3) is 18.2 Å². The van der Waals surface area contributed by atoms with Gasteiger partial charge in [-0.25, -0.2) is 39.6 Å². The van der Waals surface area contributed by atoms with Crippen molar-refractivity contribution in [1.82, 2.24) is 9.80 Å². The van der Waals surface area contributed by atoms with Gasteiger partial charge in [-0.3, -0.25) is 23.9 Å². The number of aliphatic hydroxyl groups is 1. The number of likely N-dealkylation sites (N-methyl/N-ethyl adjacent to an activating group) is 1. The highest BCUT2D eigenvalue weighted by atomic mass is 32.3. The summed E-state index contributed by atoms with van der Waals surface area (Å²) in [5.74, 6) is 0.395. The van der Waals surface area contributed by atoms with E-state index in [-0.39, 0.29) is 131 Å². The van der Waals surface area contributed by atoms with Crippen LogP contribution in [0, 0.1) is 0 Å². The number of urea groups is 1. The number of hydrogen-bond acceptors (Lipinski definition) is 32. The Kier molecular flexibility index (Phi) is 25.8. The van der Waals surface area contributed by atoms with Crippen molar-refractivity contribution in [3.63, 3.8) is 0 Å². The molecule has 43 heteroatoms. The molecule has 34 nitrogen and oxygen atoms in total. The molecule has 5 aromatic carbocycles. The van der Waals surface area contributed by atoms with Gasteiger partial charge in [-0.15, -0.1) is 45.3 Å². The molecule has 15 rings (SSSR count). The number of rotatable bonds is 27. The highest BCUT2D eigenvalue weighted by molar-refractivity contribution is 8.11. The number of imide groups is 1. The van der Waals surface area contributed by atoms with Crippen LogP contribution in [0.5, 0.6) is 63.2 Å². The fraction of sp³-hybridized carbons (Fsp3) is 0.222. The minimum Gasteiger partial charge on any atom is -0.504 e. The number of fused-ring (bicyclic) bond motifs is 4. The molecule has 0 radical (unpaired) electrons. The minimum absolute atomic E-state index is 0.00765. The van der Waals surface area contributed by atoms with Gasteiger partial charge in [0.2, 0.25) is 50.3 Å². The second-order valence-corrected chi connectivity index (χ2v) is 37.7.